The fourth-order valence-corrected chi connectivity index (χ4v) is 9.25. The molecular weight excluding hydrogens is 667 g/mol. The van der Waals surface area contributed by atoms with Crippen LogP contribution >= 0.6 is 0 Å². The van der Waals surface area contributed by atoms with E-state index in [0.29, 0.717) is 0 Å². The first kappa shape index (κ1) is 30.1. The molecule has 0 fully saturated rings. The molecule has 256 valence electrons. The number of benzene rings is 9. The highest BCUT2D eigenvalue weighted by atomic mass is 15.2. The van der Waals surface area contributed by atoms with Crippen molar-refractivity contribution in [2.75, 3.05) is 4.90 Å². The highest BCUT2D eigenvalue weighted by Crippen LogP contribution is 2.47. The Balaban J connectivity index is 1.13. The van der Waals surface area contributed by atoms with Gasteiger partial charge in [-0.25, -0.2) is 0 Å². The molecule has 12 rings (SSSR count). The molecule has 0 N–H and O–H groups in total. The zero-order chi connectivity index (χ0) is 36.0. The molecule has 0 aliphatic rings. The number of hydrogen-bond donors (Lipinski definition) is 0. The molecule has 0 unspecified atom stereocenters. The number of para-hydroxylation sites is 5. The molecule has 0 saturated heterocycles. The Morgan fingerprint density at radius 2 is 0.945 bits per heavy atom. The SMILES string of the molecule is c1ccc(N(c2ccc(-c3ccc4ccccc4c3)cc2)c2ccccc2-n2c3cccc4c5ccccc5n5c6ccccc6c6ccc2c(c43)c65)cc1. The van der Waals surface area contributed by atoms with Crippen molar-refractivity contribution in [2.45, 2.75) is 0 Å². The fourth-order valence-electron chi connectivity index (χ4n) is 9.25. The maximum atomic E-state index is 2.51. The highest BCUT2D eigenvalue weighted by Gasteiger charge is 2.25. The second-order valence-electron chi connectivity index (χ2n) is 14.5. The highest BCUT2D eigenvalue weighted by molar-refractivity contribution is 6.33. The van der Waals surface area contributed by atoms with Gasteiger partial charge in [0.15, 0.2) is 0 Å². The molecule has 0 atom stereocenters. The Kier molecular flexibility index (Phi) is 6.34. The van der Waals surface area contributed by atoms with Gasteiger partial charge in [0.2, 0.25) is 0 Å². The smallest absolute Gasteiger partial charge is 0.0702 e. The number of hydrogen-bond acceptors (Lipinski definition) is 1. The van der Waals surface area contributed by atoms with Gasteiger partial charge in [-0.1, -0.05) is 133 Å². The topological polar surface area (TPSA) is 12.6 Å². The fraction of sp³-hybridized carbons (Fsp3) is 0. The average Bonchev–Trinajstić information content (AvgIpc) is 3.73. The van der Waals surface area contributed by atoms with E-state index in [4.69, 9.17) is 0 Å². The van der Waals surface area contributed by atoms with Crippen molar-refractivity contribution < 1.29 is 0 Å². The molecule has 0 spiro atoms. The third kappa shape index (κ3) is 4.32. The minimum Gasteiger partial charge on any atom is -0.308 e. The van der Waals surface area contributed by atoms with Crippen LogP contribution in [0.2, 0.25) is 0 Å². The zero-order valence-corrected chi connectivity index (χ0v) is 29.9. The number of anilines is 3. The lowest BCUT2D eigenvalue weighted by molar-refractivity contribution is 1.15. The van der Waals surface area contributed by atoms with Crippen LogP contribution in [0.1, 0.15) is 0 Å². The quantitative estimate of drug-likeness (QED) is 0.174. The molecule has 0 aliphatic heterocycles. The monoisotopic (exact) mass is 699 g/mol. The van der Waals surface area contributed by atoms with E-state index >= 15 is 0 Å². The van der Waals surface area contributed by atoms with Gasteiger partial charge in [-0.05, 0) is 94.0 Å². The van der Waals surface area contributed by atoms with Crippen LogP contribution in [-0.2, 0) is 0 Å². The second kappa shape index (κ2) is 11.6. The van der Waals surface area contributed by atoms with Gasteiger partial charge in [0.25, 0.3) is 0 Å². The summed E-state index contributed by atoms with van der Waals surface area (Å²) in [6.45, 7) is 0. The summed E-state index contributed by atoms with van der Waals surface area (Å²) in [6.07, 6.45) is 0. The molecule has 9 aromatic carbocycles. The minimum absolute atomic E-state index is 1.10. The van der Waals surface area contributed by atoms with Crippen LogP contribution in [0.4, 0.5) is 17.1 Å². The van der Waals surface area contributed by atoms with Crippen molar-refractivity contribution in [3.05, 3.63) is 200 Å². The van der Waals surface area contributed by atoms with Crippen LogP contribution in [0.3, 0.4) is 0 Å². The Morgan fingerprint density at radius 1 is 0.345 bits per heavy atom. The molecule has 3 nitrogen and oxygen atoms in total. The summed E-state index contributed by atoms with van der Waals surface area (Å²) < 4.78 is 5.00. The molecule has 0 aliphatic carbocycles. The van der Waals surface area contributed by atoms with Crippen LogP contribution < -0.4 is 4.90 Å². The van der Waals surface area contributed by atoms with E-state index < -0.39 is 0 Å². The van der Waals surface area contributed by atoms with Gasteiger partial charge >= 0.3 is 0 Å². The third-order valence-corrected chi connectivity index (χ3v) is 11.6. The second-order valence-corrected chi connectivity index (χ2v) is 14.5. The summed E-state index contributed by atoms with van der Waals surface area (Å²) in [4.78, 5) is 2.40. The van der Waals surface area contributed by atoms with Crippen molar-refractivity contribution >= 4 is 87.7 Å². The molecule has 0 radical (unpaired) electrons. The largest absolute Gasteiger partial charge is 0.308 e. The average molecular weight is 700 g/mol. The van der Waals surface area contributed by atoms with Gasteiger partial charge in [0.05, 0.1) is 39.0 Å². The van der Waals surface area contributed by atoms with Crippen LogP contribution in [0.5, 0.6) is 0 Å². The van der Waals surface area contributed by atoms with E-state index in [-0.39, 0.29) is 0 Å². The summed E-state index contributed by atoms with van der Waals surface area (Å²) >= 11 is 0. The predicted octanol–water partition coefficient (Wildman–Crippen LogP) is 14.2. The summed E-state index contributed by atoms with van der Waals surface area (Å²) in [6, 6.07) is 73.2. The summed E-state index contributed by atoms with van der Waals surface area (Å²) in [5, 5.41) is 10.1. The third-order valence-electron chi connectivity index (χ3n) is 11.6. The Bertz CT molecular complexity index is 3420. The molecule has 0 amide bonds. The van der Waals surface area contributed by atoms with E-state index in [1.165, 1.54) is 81.8 Å². The van der Waals surface area contributed by atoms with E-state index in [2.05, 4.69) is 214 Å². The Labute approximate surface area is 317 Å². The standard InChI is InChI=1S/C52H33N3/c1-2-15-38(16-3-1)53(39-29-27-35(28-30-39)37-26-25-34-13-4-5-14-36(34)33-37)46-22-10-11-23-47(46)54-48-24-12-19-42-40-17-6-8-20-44(40)55-45-21-9-7-18-41(45)43-31-32-49(54)51(50(42)48)52(43)55/h1-33H. The number of fused-ring (bicyclic) bond motifs is 7. The molecular formula is C52H33N3. The Hall–Kier alpha value is -7.36. The molecule has 0 bridgehead atoms. The lowest BCUT2D eigenvalue weighted by Crippen LogP contribution is -2.13. The van der Waals surface area contributed by atoms with E-state index in [9.17, 15) is 0 Å². The van der Waals surface area contributed by atoms with Crippen molar-refractivity contribution in [1.82, 2.24) is 8.97 Å². The van der Waals surface area contributed by atoms with E-state index in [0.717, 1.165) is 22.7 Å². The van der Waals surface area contributed by atoms with Gasteiger partial charge in [0, 0.05) is 38.3 Å². The van der Waals surface area contributed by atoms with Gasteiger partial charge < -0.3 is 13.9 Å². The van der Waals surface area contributed by atoms with Gasteiger partial charge in [0.1, 0.15) is 0 Å². The lowest BCUT2D eigenvalue weighted by atomic mass is 10.0. The van der Waals surface area contributed by atoms with Gasteiger partial charge in [-0.3, -0.25) is 0 Å². The van der Waals surface area contributed by atoms with Crippen molar-refractivity contribution in [3.8, 4) is 16.8 Å². The molecule has 3 heterocycles. The van der Waals surface area contributed by atoms with E-state index in [1.54, 1.807) is 0 Å². The molecule has 3 heteroatoms. The zero-order valence-electron chi connectivity index (χ0n) is 29.9. The van der Waals surface area contributed by atoms with Crippen molar-refractivity contribution in [3.63, 3.8) is 0 Å². The normalized spacial score (nSPS) is 12.0. The van der Waals surface area contributed by atoms with Crippen molar-refractivity contribution in [2.24, 2.45) is 0 Å². The molecule has 3 aromatic heterocycles. The predicted molar refractivity (Wildman–Crippen MR) is 233 cm³/mol. The Morgan fingerprint density at radius 3 is 1.76 bits per heavy atom. The molecule has 55 heavy (non-hydrogen) atoms. The van der Waals surface area contributed by atoms with Gasteiger partial charge in [-0.15, -0.1) is 0 Å². The minimum atomic E-state index is 1.10. The maximum absolute atomic E-state index is 2.51. The first-order valence-electron chi connectivity index (χ1n) is 18.9. The maximum Gasteiger partial charge on any atom is 0.0702 e. The molecule has 0 saturated carbocycles. The van der Waals surface area contributed by atoms with Crippen molar-refractivity contribution in [1.29, 1.82) is 0 Å². The van der Waals surface area contributed by atoms with Crippen LogP contribution in [0.15, 0.2) is 200 Å². The van der Waals surface area contributed by atoms with Crippen LogP contribution in [-0.4, -0.2) is 8.97 Å². The summed E-state index contributed by atoms with van der Waals surface area (Å²) in [5.74, 6) is 0. The summed E-state index contributed by atoms with van der Waals surface area (Å²) in [5.41, 5.74) is 12.9. The van der Waals surface area contributed by atoms with Gasteiger partial charge in [-0.2, -0.15) is 0 Å². The summed E-state index contributed by atoms with van der Waals surface area (Å²) in [7, 11) is 0. The lowest BCUT2D eigenvalue weighted by Gasteiger charge is -2.28. The first-order chi connectivity index (χ1) is 27.3. The first-order valence-corrected chi connectivity index (χ1v) is 18.9. The van der Waals surface area contributed by atoms with Crippen LogP contribution in [0.25, 0.3) is 87.5 Å². The van der Waals surface area contributed by atoms with E-state index in [1.807, 2.05) is 0 Å². The number of nitrogens with zero attached hydrogens (tertiary/aromatic N) is 3. The number of aromatic nitrogens is 2. The molecule has 12 aromatic rings. The van der Waals surface area contributed by atoms with Crippen LogP contribution in [0, 0.1) is 0 Å². The number of rotatable bonds is 5.